The van der Waals surface area contributed by atoms with Gasteiger partial charge in [0.1, 0.15) is 0 Å². The normalized spacial score (nSPS) is 11.3. The maximum absolute atomic E-state index is 12.4. The number of quaternary nitrogens is 1. The zero-order valence-corrected chi connectivity index (χ0v) is 16.2. The first-order chi connectivity index (χ1) is 12.4. The summed E-state index contributed by atoms with van der Waals surface area (Å²) in [5.74, 6) is -0.215. The number of carbonyl (C=O) groups excluding carboxylic acids is 1. The van der Waals surface area contributed by atoms with E-state index in [1.807, 2.05) is 52.2 Å². The number of carbonyl (C=O) groups is 1. The summed E-state index contributed by atoms with van der Waals surface area (Å²) in [5.41, 5.74) is 3.84. The Morgan fingerprint density at radius 1 is 1.23 bits per heavy atom. The summed E-state index contributed by atoms with van der Waals surface area (Å²) in [6.45, 7) is 5.33. The molecule has 0 aliphatic carbocycles. The van der Waals surface area contributed by atoms with Crippen LogP contribution in [0.1, 0.15) is 21.6 Å². The average molecular weight is 373 g/mol. The van der Waals surface area contributed by atoms with Gasteiger partial charge in [0.2, 0.25) is 0 Å². The molecule has 0 unspecified atom stereocenters. The van der Waals surface area contributed by atoms with Gasteiger partial charge in [-0.15, -0.1) is 0 Å². The molecule has 3 rings (SSSR count). The van der Waals surface area contributed by atoms with E-state index in [1.54, 1.807) is 4.68 Å². The molecule has 0 fully saturated rings. The second-order valence-corrected chi connectivity index (χ2v) is 7.11. The van der Waals surface area contributed by atoms with Gasteiger partial charge in [-0.1, -0.05) is 29.3 Å². The van der Waals surface area contributed by atoms with Crippen molar-refractivity contribution in [3.05, 3.63) is 52.3 Å². The first-order valence-electron chi connectivity index (χ1n) is 8.56. The Hall–Kier alpha value is -2.44. The molecule has 136 valence electrons. The maximum Gasteiger partial charge on any atom is 0.254 e. The summed E-state index contributed by atoms with van der Waals surface area (Å²) in [4.78, 5) is 18.2. The molecule has 1 aromatic carbocycles. The van der Waals surface area contributed by atoms with Crippen LogP contribution in [0.5, 0.6) is 0 Å². The lowest BCUT2D eigenvalue weighted by atomic mass is 10.2. The highest BCUT2D eigenvalue weighted by Gasteiger charge is 2.19. The molecule has 6 nitrogen and oxygen atoms in total. The number of pyridine rings is 1. The van der Waals surface area contributed by atoms with Crippen molar-refractivity contribution < 1.29 is 9.69 Å². The zero-order chi connectivity index (χ0) is 18.8. The molecule has 2 N–H and O–H groups in total. The van der Waals surface area contributed by atoms with Crippen LogP contribution in [0.4, 0.5) is 0 Å². The van der Waals surface area contributed by atoms with Gasteiger partial charge in [0.05, 0.1) is 54.5 Å². The number of rotatable bonds is 5. The van der Waals surface area contributed by atoms with Crippen molar-refractivity contribution in [3.8, 4) is 5.69 Å². The number of fused-ring (bicyclic) bond motifs is 1. The van der Waals surface area contributed by atoms with Crippen LogP contribution >= 0.6 is 11.6 Å². The van der Waals surface area contributed by atoms with Gasteiger partial charge in [0.15, 0.2) is 5.65 Å². The number of nitrogens with zero attached hydrogens (tertiary/aromatic N) is 3. The van der Waals surface area contributed by atoms with Crippen LogP contribution in [0.3, 0.4) is 0 Å². The fraction of sp³-hybridized carbons (Fsp3) is 0.316. The van der Waals surface area contributed by atoms with E-state index in [0.29, 0.717) is 28.2 Å². The molecular formula is C19H23ClN5O+. The quantitative estimate of drug-likeness (QED) is 0.714. The third-order valence-electron chi connectivity index (χ3n) is 4.24. The minimum absolute atomic E-state index is 0.215. The minimum atomic E-state index is -0.215. The Kier molecular flexibility index (Phi) is 5.25. The number of hydrogen-bond donors (Lipinski definition) is 2. The van der Waals surface area contributed by atoms with Crippen LogP contribution in [0.2, 0.25) is 5.02 Å². The molecule has 0 atom stereocenters. The van der Waals surface area contributed by atoms with Gasteiger partial charge in [-0.25, -0.2) is 9.67 Å². The number of amides is 1. The van der Waals surface area contributed by atoms with Gasteiger partial charge < -0.3 is 10.2 Å². The zero-order valence-electron chi connectivity index (χ0n) is 15.4. The second-order valence-electron chi connectivity index (χ2n) is 6.73. The van der Waals surface area contributed by atoms with E-state index in [0.717, 1.165) is 17.9 Å². The standard InChI is InChI=1S/C19H22ClN5O/c1-12-5-7-14(8-6-12)25-18-16(13(2)23-25)17(20)15(11-22-18)19(26)21-9-10-24(3)4/h5-8,11H,9-10H2,1-4H3,(H,21,26)/p+1. The highest BCUT2D eigenvalue weighted by atomic mass is 35.5. The van der Waals surface area contributed by atoms with Crippen molar-refractivity contribution in [1.82, 2.24) is 20.1 Å². The molecule has 1 amide bonds. The van der Waals surface area contributed by atoms with Crippen LogP contribution in [-0.2, 0) is 0 Å². The Balaban J connectivity index is 1.98. The van der Waals surface area contributed by atoms with E-state index in [4.69, 9.17) is 11.6 Å². The molecular weight excluding hydrogens is 350 g/mol. The molecule has 0 bridgehead atoms. The predicted molar refractivity (Wildman–Crippen MR) is 103 cm³/mol. The first-order valence-corrected chi connectivity index (χ1v) is 8.94. The number of aromatic nitrogens is 3. The molecule has 2 aromatic heterocycles. The van der Waals surface area contributed by atoms with E-state index >= 15 is 0 Å². The van der Waals surface area contributed by atoms with Crippen molar-refractivity contribution in [1.29, 1.82) is 0 Å². The van der Waals surface area contributed by atoms with E-state index < -0.39 is 0 Å². The third kappa shape index (κ3) is 3.57. The molecule has 26 heavy (non-hydrogen) atoms. The Morgan fingerprint density at radius 2 is 1.92 bits per heavy atom. The maximum atomic E-state index is 12.4. The molecule has 0 aliphatic rings. The van der Waals surface area contributed by atoms with Gasteiger partial charge in [-0.2, -0.15) is 5.10 Å². The van der Waals surface area contributed by atoms with Gasteiger partial charge in [0, 0.05) is 6.20 Å². The molecule has 0 saturated carbocycles. The van der Waals surface area contributed by atoms with Crippen LogP contribution in [0.15, 0.2) is 30.5 Å². The summed E-state index contributed by atoms with van der Waals surface area (Å²) < 4.78 is 1.76. The van der Waals surface area contributed by atoms with E-state index in [2.05, 4.69) is 15.4 Å². The van der Waals surface area contributed by atoms with Crippen LogP contribution in [-0.4, -0.2) is 47.9 Å². The van der Waals surface area contributed by atoms with E-state index in [1.165, 1.54) is 16.7 Å². The van der Waals surface area contributed by atoms with Crippen molar-refractivity contribution in [2.75, 3.05) is 27.2 Å². The number of nitrogens with one attached hydrogen (secondary N) is 2. The van der Waals surface area contributed by atoms with Crippen molar-refractivity contribution in [3.63, 3.8) is 0 Å². The Morgan fingerprint density at radius 3 is 2.58 bits per heavy atom. The largest absolute Gasteiger partial charge is 0.346 e. The van der Waals surface area contributed by atoms with Gasteiger partial charge in [0.25, 0.3) is 5.91 Å². The van der Waals surface area contributed by atoms with Crippen LogP contribution in [0, 0.1) is 13.8 Å². The summed E-state index contributed by atoms with van der Waals surface area (Å²) in [6.07, 6.45) is 1.52. The fourth-order valence-corrected chi connectivity index (χ4v) is 3.11. The van der Waals surface area contributed by atoms with Gasteiger partial charge in [-0.05, 0) is 26.0 Å². The number of aryl methyl sites for hydroxylation is 2. The molecule has 0 radical (unpaired) electrons. The Bertz CT molecular complexity index is 947. The van der Waals surface area contributed by atoms with Crippen LogP contribution < -0.4 is 10.2 Å². The Labute approximate surface area is 157 Å². The topological polar surface area (TPSA) is 64.2 Å². The summed E-state index contributed by atoms with van der Waals surface area (Å²) >= 11 is 6.55. The molecule has 7 heteroatoms. The lowest BCUT2D eigenvalue weighted by Gasteiger charge is -2.10. The third-order valence-corrected chi connectivity index (χ3v) is 4.63. The average Bonchev–Trinajstić information content (AvgIpc) is 2.93. The highest BCUT2D eigenvalue weighted by Crippen LogP contribution is 2.29. The van der Waals surface area contributed by atoms with Crippen LogP contribution in [0.25, 0.3) is 16.7 Å². The number of likely N-dealkylation sites (N-methyl/N-ethyl adjacent to an activating group) is 1. The monoisotopic (exact) mass is 372 g/mol. The van der Waals surface area contributed by atoms with Crippen molar-refractivity contribution in [2.45, 2.75) is 13.8 Å². The van der Waals surface area contributed by atoms with Crippen molar-refractivity contribution in [2.24, 2.45) is 0 Å². The summed E-state index contributed by atoms with van der Waals surface area (Å²) in [5, 5.41) is 8.56. The van der Waals surface area contributed by atoms with Gasteiger partial charge >= 0.3 is 0 Å². The number of hydrogen-bond acceptors (Lipinski definition) is 3. The smallest absolute Gasteiger partial charge is 0.254 e. The van der Waals surface area contributed by atoms with E-state index in [-0.39, 0.29) is 5.91 Å². The molecule has 0 spiro atoms. The first kappa shape index (κ1) is 18.4. The lowest BCUT2D eigenvalue weighted by Crippen LogP contribution is -3.06. The van der Waals surface area contributed by atoms with E-state index in [9.17, 15) is 4.79 Å². The van der Waals surface area contributed by atoms with Gasteiger partial charge in [-0.3, -0.25) is 4.79 Å². The number of halogens is 1. The molecule has 3 aromatic rings. The molecule has 0 saturated heterocycles. The summed E-state index contributed by atoms with van der Waals surface area (Å²) in [6, 6.07) is 8.02. The second kappa shape index (κ2) is 7.43. The molecule has 2 heterocycles. The minimum Gasteiger partial charge on any atom is -0.346 e. The summed E-state index contributed by atoms with van der Waals surface area (Å²) in [7, 11) is 4.07. The highest BCUT2D eigenvalue weighted by molar-refractivity contribution is 6.38. The number of benzene rings is 1. The molecule has 0 aliphatic heterocycles. The van der Waals surface area contributed by atoms with Crippen molar-refractivity contribution >= 4 is 28.5 Å². The fourth-order valence-electron chi connectivity index (χ4n) is 2.75. The SMILES string of the molecule is Cc1ccc(-n2nc(C)c3c(Cl)c(C(=O)NCC[NH+](C)C)cnc32)cc1. The lowest BCUT2D eigenvalue weighted by molar-refractivity contribution is -0.856. The predicted octanol–water partition coefficient (Wildman–Crippen LogP) is 1.57.